The van der Waals surface area contributed by atoms with Crippen molar-refractivity contribution in [1.82, 2.24) is 4.31 Å². The number of carbonyl (C=O) groups is 1. The zero-order valence-electron chi connectivity index (χ0n) is 10.4. The molecule has 0 radical (unpaired) electrons. The average Bonchev–Trinajstić information content (AvgIpc) is 2.93. The van der Waals surface area contributed by atoms with E-state index in [0.29, 0.717) is 18.1 Å². The highest BCUT2D eigenvalue weighted by atomic mass is 32.2. The van der Waals surface area contributed by atoms with Gasteiger partial charge in [-0.3, -0.25) is 4.79 Å². The van der Waals surface area contributed by atoms with Crippen LogP contribution in [0, 0.1) is 0 Å². The van der Waals surface area contributed by atoms with Crippen molar-refractivity contribution in [2.24, 2.45) is 0 Å². The molecule has 0 aromatic carbocycles. The number of esters is 1. The topological polar surface area (TPSA) is 63.7 Å². The van der Waals surface area contributed by atoms with Gasteiger partial charge in [-0.1, -0.05) is 6.07 Å². The van der Waals surface area contributed by atoms with Gasteiger partial charge in [0.05, 0.1) is 6.61 Å². The highest BCUT2D eigenvalue weighted by Gasteiger charge is 2.39. The summed E-state index contributed by atoms with van der Waals surface area (Å²) in [6.07, 6.45) is 0. The third-order valence-electron chi connectivity index (χ3n) is 2.70. The molecule has 8 heteroatoms. The van der Waals surface area contributed by atoms with Crippen LogP contribution in [0.25, 0.3) is 0 Å². The normalized spacial score (nSPS) is 21.2. The molecule has 1 aliphatic rings. The maximum absolute atomic E-state index is 12.5. The molecule has 0 N–H and O–H groups in total. The summed E-state index contributed by atoms with van der Waals surface area (Å²) in [6.45, 7) is 2.31. The first-order chi connectivity index (χ1) is 9.07. The molecule has 1 aliphatic heterocycles. The largest absolute Gasteiger partial charge is 0.465 e. The van der Waals surface area contributed by atoms with Gasteiger partial charge in [0.1, 0.15) is 10.3 Å². The van der Waals surface area contributed by atoms with Crippen LogP contribution in [0.5, 0.6) is 0 Å². The molecule has 0 aliphatic carbocycles. The fraction of sp³-hybridized carbons (Fsp3) is 0.545. The lowest BCUT2D eigenvalue weighted by Gasteiger charge is -2.32. The molecule has 0 bridgehead atoms. The van der Waals surface area contributed by atoms with Gasteiger partial charge in [0.15, 0.2) is 0 Å². The third-order valence-corrected chi connectivity index (χ3v) is 7.00. The number of ether oxygens (including phenoxy) is 1. The molecule has 2 rings (SSSR count). The van der Waals surface area contributed by atoms with Gasteiger partial charge in [0.25, 0.3) is 10.0 Å². The van der Waals surface area contributed by atoms with Crippen LogP contribution in [-0.4, -0.2) is 49.4 Å². The summed E-state index contributed by atoms with van der Waals surface area (Å²) >= 11 is 2.73. The number of rotatable bonds is 4. The Kier molecular flexibility index (Phi) is 4.88. The summed E-state index contributed by atoms with van der Waals surface area (Å²) < 4.78 is 31.5. The zero-order chi connectivity index (χ0) is 13.9. The maximum Gasteiger partial charge on any atom is 0.325 e. The lowest BCUT2D eigenvalue weighted by atomic mass is 10.3. The van der Waals surface area contributed by atoms with Crippen molar-refractivity contribution < 1.29 is 17.9 Å². The maximum atomic E-state index is 12.5. The van der Waals surface area contributed by atoms with E-state index in [1.54, 1.807) is 36.2 Å². The summed E-state index contributed by atoms with van der Waals surface area (Å²) in [5, 5.41) is 1.71. The van der Waals surface area contributed by atoms with Gasteiger partial charge in [-0.25, -0.2) is 8.42 Å². The van der Waals surface area contributed by atoms with Crippen LogP contribution in [0.1, 0.15) is 6.92 Å². The lowest BCUT2D eigenvalue weighted by molar-refractivity contribution is -0.146. The molecule has 106 valence electrons. The van der Waals surface area contributed by atoms with Gasteiger partial charge in [-0.05, 0) is 18.4 Å². The van der Waals surface area contributed by atoms with Crippen LogP contribution < -0.4 is 0 Å². The number of thiophene rings is 1. The van der Waals surface area contributed by atoms with Gasteiger partial charge < -0.3 is 4.74 Å². The summed E-state index contributed by atoms with van der Waals surface area (Å²) in [5.41, 5.74) is 0. The van der Waals surface area contributed by atoms with Gasteiger partial charge in [-0.15, -0.1) is 11.3 Å². The number of nitrogens with zero attached hydrogens (tertiary/aromatic N) is 1. The van der Waals surface area contributed by atoms with Crippen LogP contribution in [0.3, 0.4) is 0 Å². The van der Waals surface area contributed by atoms with E-state index in [4.69, 9.17) is 4.74 Å². The van der Waals surface area contributed by atoms with Crippen molar-refractivity contribution in [3.8, 4) is 0 Å². The Balaban J connectivity index is 2.27. The molecule has 0 saturated carbocycles. The van der Waals surface area contributed by atoms with Gasteiger partial charge in [0, 0.05) is 18.1 Å². The fourth-order valence-electron chi connectivity index (χ4n) is 1.83. The Morgan fingerprint density at radius 1 is 1.58 bits per heavy atom. The van der Waals surface area contributed by atoms with E-state index in [0.717, 1.165) is 11.3 Å². The molecule has 5 nitrogen and oxygen atoms in total. The van der Waals surface area contributed by atoms with Crippen LogP contribution in [-0.2, 0) is 19.6 Å². The first kappa shape index (κ1) is 14.8. The van der Waals surface area contributed by atoms with Crippen LogP contribution in [0.2, 0.25) is 0 Å². The second kappa shape index (κ2) is 6.25. The minimum atomic E-state index is -3.59. The van der Waals surface area contributed by atoms with Crippen molar-refractivity contribution in [1.29, 1.82) is 0 Å². The van der Waals surface area contributed by atoms with Crippen molar-refractivity contribution in [3.05, 3.63) is 17.5 Å². The minimum Gasteiger partial charge on any atom is -0.465 e. The summed E-state index contributed by atoms with van der Waals surface area (Å²) in [4.78, 5) is 11.9. The van der Waals surface area contributed by atoms with Gasteiger partial charge in [-0.2, -0.15) is 16.1 Å². The third kappa shape index (κ3) is 3.13. The second-order valence-electron chi connectivity index (χ2n) is 3.89. The molecule has 1 aromatic heterocycles. The van der Waals surface area contributed by atoms with Crippen molar-refractivity contribution >= 4 is 39.1 Å². The first-order valence-corrected chi connectivity index (χ1v) is 9.34. The molecular formula is C11H15NO4S3. The van der Waals surface area contributed by atoms with Crippen molar-refractivity contribution in [3.63, 3.8) is 0 Å². The number of thioether (sulfide) groups is 1. The molecule has 19 heavy (non-hydrogen) atoms. The monoisotopic (exact) mass is 321 g/mol. The summed E-state index contributed by atoms with van der Waals surface area (Å²) in [6, 6.07) is 2.53. The quantitative estimate of drug-likeness (QED) is 0.785. The predicted molar refractivity (Wildman–Crippen MR) is 76.0 cm³/mol. The first-order valence-electron chi connectivity index (χ1n) is 5.87. The Labute approximate surface area is 121 Å². The summed E-state index contributed by atoms with van der Waals surface area (Å²) in [5.74, 6) is 0.680. The molecule has 0 amide bonds. The van der Waals surface area contributed by atoms with E-state index >= 15 is 0 Å². The average molecular weight is 321 g/mol. The Hall–Kier alpha value is -0.570. The second-order valence-corrected chi connectivity index (χ2v) is 8.11. The SMILES string of the molecule is CCOC(=O)C1CSCCN1S(=O)(=O)c1cccs1. The van der Waals surface area contributed by atoms with E-state index in [1.165, 1.54) is 4.31 Å². The molecule has 1 fully saturated rings. The van der Waals surface area contributed by atoms with Gasteiger partial charge in [0.2, 0.25) is 0 Å². The van der Waals surface area contributed by atoms with Crippen LogP contribution in [0.4, 0.5) is 0 Å². The van der Waals surface area contributed by atoms with E-state index in [9.17, 15) is 13.2 Å². The van der Waals surface area contributed by atoms with E-state index < -0.39 is 22.0 Å². The number of carbonyl (C=O) groups excluding carboxylic acids is 1. The zero-order valence-corrected chi connectivity index (χ0v) is 12.9. The minimum absolute atomic E-state index is 0.257. The Bertz CT molecular complexity index is 526. The number of sulfonamides is 1. The highest BCUT2D eigenvalue weighted by molar-refractivity contribution is 7.99. The molecule has 1 unspecified atom stereocenters. The van der Waals surface area contributed by atoms with E-state index in [-0.39, 0.29) is 10.8 Å². The van der Waals surface area contributed by atoms with E-state index in [2.05, 4.69) is 0 Å². The highest BCUT2D eigenvalue weighted by Crippen LogP contribution is 2.27. The van der Waals surface area contributed by atoms with Crippen LogP contribution >= 0.6 is 23.1 Å². The molecule has 0 spiro atoms. The summed E-state index contributed by atoms with van der Waals surface area (Å²) in [7, 11) is -3.59. The van der Waals surface area contributed by atoms with Crippen molar-refractivity contribution in [2.75, 3.05) is 24.7 Å². The lowest BCUT2D eigenvalue weighted by Crippen LogP contribution is -2.50. The van der Waals surface area contributed by atoms with Crippen molar-refractivity contribution in [2.45, 2.75) is 17.2 Å². The molecule has 2 heterocycles. The Morgan fingerprint density at radius 3 is 3.00 bits per heavy atom. The molecule has 1 atom stereocenters. The fourth-order valence-corrected chi connectivity index (χ4v) is 5.77. The van der Waals surface area contributed by atoms with Gasteiger partial charge >= 0.3 is 5.97 Å². The van der Waals surface area contributed by atoms with E-state index in [1.807, 2.05) is 0 Å². The smallest absolute Gasteiger partial charge is 0.325 e. The van der Waals surface area contributed by atoms with Crippen LogP contribution in [0.15, 0.2) is 21.7 Å². The Morgan fingerprint density at radius 2 is 2.37 bits per heavy atom. The number of hydrogen-bond donors (Lipinski definition) is 0. The molecule has 1 saturated heterocycles. The number of hydrogen-bond acceptors (Lipinski definition) is 6. The predicted octanol–water partition coefficient (Wildman–Crippen LogP) is 1.42. The standard InChI is InChI=1S/C11H15NO4S3/c1-2-16-11(13)9-8-17-7-5-12(9)19(14,15)10-4-3-6-18-10/h3-4,6,9H,2,5,7-8H2,1H3. The molecule has 1 aromatic rings. The molecular weight excluding hydrogens is 306 g/mol.